The molecule has 1 saturated heterocycles. The van der Waals surface area contributed by atoms with Crippen LogP contribution in [0.4, 0.5) is 0 Å². The first-order valence-corrected chi connectivity index (χ1v) is 8.02. The summed E-state index contributed by atoms with van der Waals surface area (Å²) in [7, 11) is 0. The summed E-state index contributed by atoms with van der Waals surface area (Å²) in [6.07, 6.45) is 3.09. The number of hydrogen-bond acceptors (Lipinski definition) is 5. The molecule has 1 aliphatic heterocycles. The third-order valence-electron chi connectivity index (χ3n) is 3.81. The highest BCUT2D eigenvalue weighted by molar-refractivity contribution is 7.03. The molecular formula is C15H17N3O3S. The highest BCUT2D eigenvalue weighted by atomic mass is 32.1. The summed E-state index contributed by atoms with van der Waals surface area (Å²) in [5.41, 5.74) is 1.31. The van der Waals surface area contributed by atoms with Crippen molar-refractivity contribution in [2.45, 2.75) is 32.4 Å². The van der Waals surface area contributed by atoms with Crippen molar-refractivity contribution in [1.82, 2.24) is 14.6 Å². The van der Waals surface area contributed by atoms with Crippen LogP contribution in [-0.2, 0) is 11.3 Å². The molecule has 3 heterocycles. The second-order valence-electron chi connectivity index (χ2n) is 5.27. The summed E-state index contributed by atoms with van der Waals surface area (Å²) >= 11 is 1.26. The van der Waals surface area contributed by atoms with Crippen molar-refractivity contribution in [1.29, 1.82) is 0 Å². The molecule has 1 N–H and O–H groups in total. The number of furan rings is 1. The lowest BCUT2D eigenvalue weighted by Gasteiger charge is -2.23. The molecule has 1 fully saturated rings. The standard InChI is InChI=1S/C15H17N3O3S/c1-10-12(9-22-17-10)15(20)18-6-2-5-13(18)14(19)16-8-11-4-3-7-21-11/h3-4,7,9,13H,2,5-6,8H2,1H3,(H,16,19). The van der Waals surface area contributed by atoms with E-state index in [9.17, 15) is 9.59 Å². The van der Waals surface area contributed by atoms with Crippen LogP contribution in [0.15, 0.2) is 28.2 Å². The molecule has 0 saturated carbocycles. The van der Waals surface area contributed by atoms with Crippen molar-refractivity contribution in [2.24, 2.45) is 0 Å². The SMILES string of the molecule is Cc1nscc1C(=O)N1CCCC1C(=O)NCc1ccco1. The van der Waals surface area contributed by atoms with Crippen LogP contribution >= 0.6 is 11.5 Å². The maximum absolute atomic E-state index is 12.6. The van der Waals surface area contributed by atoms with Crippen molar-refractivity contribution in [3.8, 4) is 0 Å². The molecule has 2 aromatic rings. The van der Waals surface area contributed by atoms with E-state index in [2.05, 4.69) is 9.69 Å². The fourth-order valence-electron chi connectivity index (χ4n) is 2.64. The van der Waals surface area contributed by atoms with Gasteiger partial charge in [-0.2, -0.15) is 4.37 Å². The quantitative estimate of drug-likeness (QED) is 0.935. The number of aryl methyl sites for hydroxylation is 1. The maximum Gasteiger partial charge on any atom is 0.257 e. The van der Waals surface area contributed by atoms with Gasteiger partial charge in [0.15, 0.2) is 0 Å². The van der Waals surface area contributed by atoms with Crippen molar-refractivity contribution in [2.75, 3.05) is 6.54 Å². The number of aromatic nitrogens is 1. The average Bonchev–Trinajstić information content (AvgIpc) is 3.25. The predicted octanol–water partition coefficient (Wildman–Crippen LogP) is 1.97. The van der Waals surface area contributed by atoms with Crippen LogP contribution in [0.5, 0.6) is 0 Å². The number of nitrogens with one attached hydrogen (secondary N) is 1. The van der Waals surface area contributed by atoms with E-state index >= 15 is 0 Å². The second-order valence-corrected chi connectivity index (χ2v) is 5.90. The average molecular weight is 319 g/mol. The van der Waals surface area contributed by atoms with Crippen molar-refractivity contribution in [3.63, 3.8) is 0 Å². The molecule has 22 heavy (non-hydrogen) atoms. The first kappa shape index (κ1) is 14.8. The number of amides is 2. The van der Waals surface area contributed by atoms with Gasteiger partial charge < -0.3 is 14.6 Å². The monoisotopic (exact) mass is 319 g/mol. The lowest BCUT2D eigenvalue weighted by molar-refractivity contribution is -0.125. The fraction of sp³-hybridized carbons (Fsp3) is 0.400. The Morgan fingerprint density at radius 1 is 1.55 bits per heavy atom. The topological polar surface area (TPSA) is 75.4 Å². The molecule has 116 valence electrons. The van der Waals surface area contributed by atoms with Gasteiger partial charge in [-0.1, -0.05) is 0 Å². The highest BCUT2D eigenvalue weighted by Gasteiger charge is 2.35. The van der Waals surface area contributed by atoms with E-state index in [0.717, 1.165) is 12.1 Å². The van der Waals surface area contributed by atoms with E-state index in [4.69, 9.17) is 4.42 Å². The zero-order valence-corrected chi connectivity index (χ0v) is 13.1. The molecule has 1 aliphatic rings. The number of nitrogens with zero attached hydrogens (tertiary/aromatic N) is 2. The number of likely N-dealkylation sites (tertiary alicyclic amines) is 1. The Labute approximate surface area is 132 Å². The van der Waals surface area contributed by atoms with E-state index in [1.54, 1.807) is 28.7 Å². The summed E-state index contributed by atoms with van der Waals surface area (Å²) in [4.78, 5) is 26.6. The van der Waals surface area contributed by atoms with Gasteiger partial charge in [0, 0.05) is 11.9 Å². The van der Waals surface area contributed by atoms with Crippen LogP contribution in [0.2, 0.25) is 0 Å². The van der Waals surface area contributed by atoms with Gasteiger partial charge in [0.1, 0.15) is 11.8 Å². The van der Waals surface area contributed by atoms with Gasteiger partial charge in [0.05, 0.1) is 24.1 Å². The molecular weight excluding hydrogens is 302 g/mol. The Hall–Kier alpha value is -2.15. The Morgan fingerprint density at radius 2 is 2.41 bits per heavy atom. The molecule has 0 spiro atoms. The fourth-order valence-corrected chi connectivity index (χ4v) is 3.33. The summed E-state index contributed by atoms with van der Waals surface area (Å²) in [5.74, 6) is 0.451. The van der Waals surface area contributed by atoms with Gasteiger partial charge in [0.2, 0.25) is 5.91 Å². The van der Waals surface area contributed by atoms with Gasteiger partial charge in [-0.3, -0.25) is 9.59 Å². The van der Waals surface area contributed by atoms with E-state index in [-0.39, 0.29) is 11.8 Å². The molecule has 1 atom stereocenters. The van der Waals surface area contributed by atoms with Gasteiger partial charge in [0.25, 0.3) is 5.91 Å². The Bertz CT molecular complexity index is 665. The number of carbonyl (C=O) groups is 2. The van der Waals surface area contributed by atoms with Gasteiger partial charge in [-0.15, -0.1) is 0 Å². The number of carbonyl (C=O) groups excluding carboxylic acids is 2. The Balaban J connectivity index is 1.66. The molecule has 1 unspecified atom stereocenters. The molecule has 6 nitrogen and oxygen atoms in total. The minimum atomic E-state index is -0.415. The second kappa shape index (κ2) is 6.31. The van der Waals surface area contributed by atoms with Gasteiger partial charge in [-0.05, 0) is 43.4 Å². The van der Waals surface area contributed by atoms with E-state index < -0.39 is 6.04 Å². The number of rotatable bonds is 4. The largest absolute Gasteiger partial charge is 0.467 e. The van der Waals surface area contributed by atoms with Crippen LogP contribution in [0.25, 0.3) is 0 Å². The Kier molecular flexibility index (Phi) is 4.24. The van der Waals surface area contributed by atoms with Crippen molar-refractivity contribution < 1.29 is 14.0 Å². The van der Waals surface area contributed by atoms with Crippen LogP contribution in [0, 0.1) is 6.92 Å². The van der Waals surface area contributed by atoms with Crippen molar-refractivity contribution in [3.05, 3.63) is 40.8 Å². The van der Waals surface area contributed by atoms with Crippen LogP contribution in [0.1, 0.15) is 34.7 Å². The first-order chi connectivity index (χ1) is 10.7. The highest BCUT2D eigenvalue weighted by Crippen LogP contribution is 2.22. The summed E-state index contributed by atoms with van der Waals surface area (Å²) < 4.78 is 9.32. The predicted molar refractivity (Wildman–Crippen MR) is 81.5 cm³/mol. The Morgan fingerprint density at radius 3 is 3.09 bits per heavy atom. The minimum absolute atomic E-state index is 0.109. The van der Waals surface area contributed by atoms with Gasteiger partial charge in [-0.25, -0.2) is 0 Å². The van der Waals surface area contributed by atoms with Crippen molar-refractivity contribution >= 4 is 23.3 Å². The molecule has 0 aliphatic carbocycles. The van der Waals surface area contributed by atoms with Gasteiger partial charge >= 0.3 is 0 Å². The van der Waals surface area contributed by atoms with E-state index in [1.165, 1.54) is 11.5 Å². The molecule has 0 radical (unpaired) electrons. The van der Waals surface area contributed by atoms with Crippen LogP contribution in [-0.4, -0.2) is 33.7 Å². The molecule has 0 aromatic carbocycles. The molecule has 2 amide bonds. The van der Waals surface area contributed by atoms with E-state index in [1.807, 2.05) is 6.92 Å². The minimum Gasteiger partial charge on any atom is -0.467 e. The zero-order chi connectivity index (χ0) is 15.5. The number of hydrogen-bond donors (Lipinski definition) is 1. The smallest absolute Gasteiger partial charge is 0.257 e. The zero-order valence-electron chi connectivity index (χ0n) is 12.2. The summed E-state index contributed by atoms with van der Waals surface area (Å²) in [6.45, 7) is 2.75. The van der Waals surface area contributed by atoms with Crippen LogP contribution in [0.3, 0.4) is 0 Å². The molecule has 2 aromatic heterocycles. The molecule has 0 bridgehead atoms. The first-order valence-electron chi connectivity index (χ1n) is 7.19. The lowest BCUT2D eigenvalue weighted by atomic mass is 10.1. The van der Waals surface area contributed by atoms with Crippen LogP contribution < -0.4 is 5.32 Å². The summed E-state index contributed by atoms with van der Waals surface area (Å²) in [5, 5.41) is 4.58. The lowest BCUT2D eigenvalue weighted by Crippen LogP contribution is -2.45. The third kappa shape index (κ3) is 2.89. The molecule has 3 rings (SSSR count). The summed E-state index contributed by atoms with van der Waals surface area (Å²) in [6, 6.07) is 3.17. The molecule has 7 heteroatoms. The van der Waals surface area contributed by atoms with E-state index in [0.29, 0.717) is 30.8 Å². The normalized spacial score (nSPS) is 17.7. The third-order valence-corrected chi connectivity index (χ3v) is 4.53. The maximum atomic E-state index is 12.6.